The molecule has 0 saturated heterocycles. The highest BCUT2D eigenvalue weighted by Crippen LogP contribution is 2.39. The predicted octanol–water partition coefficient (Wildman–Crippen LogP) is 3.62. The van der Waals surface area contributed by atoms with Crippen LogP contribution in [-0.2, 0) is 6.54 Å². The lowest BCUT2D eigenvalue weighted by atomic mass is 10.1. The van der Waals surface area contributed by atoms with Crippen molar-refractivity contribution in [2.45, 2.75) is 20.4 Å². The molecule has 0 saturated carbocycles. The standard InChI is InChI=1S/C17H16ClNO3/c1-10-3-4-12(11(2)5-10)8-19-17(20)13-6-14(18)16-15(7-13)21-9-22-16/h3-7H,8-9H2,1-2H3,(H,19,20). The van der Waals surface area contributed by atoms with Gasteiger partial charge < -0.3 is 14.8 Å². The van der Waals surface area contributed by atoms with Crippen LogP contribution in [0.4, 0.5) is 0 Å². The molecule has 1 aliphatic rings. The van der Waals surface area contributed by atoms with E-state index in [2.05, 4.69) is 11.4 Å². The highest BCUT2D eigenvalue weighted by Gasteiger charge is 2.20. The Bertz CT molecular complexity index is 743. The van der Waals surface area contributed by atoms with E-state index in [1.807, 2.05) is 26.0 Å². The van der Waals surface area contributed by atoms with Gasteiger partial charge in [0.2, 0.25) is 6.79 Å². The lowest BCUT2D eigenvalue weighted by molar-refractivity contribution is 0.0950. The molecule has 0 fully saturated rings. The molecule has 0 bridgehead atoms. The van der Waals surface area contributed by atoms with Crippen molar-refractivity contribution in [3.63, 3.8) is 0 Å². The summed E-state index contributed by atoms with van der Waals surface area (Å²) in [7, 11) is 0. The second kappa shape index (κ2) is 5.89. The number of nitrogens with one attached hydrogen (secondary N) is 1. The summed E-state index contributed by atoms with van der Waals surface area (Å²) in [5, 5.41) is 3.28. The summed E-state index contributed by atoms with van der Waals surface area (Å²) in [4.78, 5) is 12.3. The summed E-state index contributed by atoms with van der Waals surface area (Å²) in [6, 6.07) is 9.39. The first-order valence-electron chi connectivity index (χ1n) is 6.98. The summed E-state index contributed by atoms with van der Waals surface area (Å²) in [6.07, 6.45) is 0. The number of benzene rings is 2. The van der Waals surface area contributed by atoms with Crippen LogP contribution >= 0.6 is 11.6 Å². The number of carbonyl (C=O) groups excluding carboxylic acids is 1. The number of fused-ring (bicyclic) bond motifs is 1. The number of aryl methyl sites for hydroxylation is 2. The molecule has 0 unspecified atom stereocenters. The predicted molar refractivity (Wildman–Crippen MR) is 84.7 cm³/mol. The van der Waals surface area contributed by atoms with E-state index in [1.54, 1.807) is 12.1 Å². The van der Waals surface area contributed by atoms with Crippen molar-refractivity contribution in [3.05, 3.63) is 57.6 Å². The highest BCUT2D eigenvalue weighted by molar-refractivity contribution is 6.32. The van der Waals surface area contributed by atoms with E-state index in [9.17, 15) is 4.79 Å². The lowest BCUT2D eigenvalue weighted by Gasteiger charge is -2.10. The molecule has 1 heterocycles. The number of rotatable bonds is 3. The molecule has 4 nitrogen and oxygen atoms in total. The first-order valence-corrected chi connectivity index (χ1v) is 7.36. The van der Waals surface area contributed by atoms with Crippen LogP contribution in [0.3, 0.4) is 0 Å². The fraction of sp³-hybridized carbons (Fsp3) is 0.235. The minimum absolute atomic E-state index is 0.128. The van der Waals surface area contributed by atoms with Crippen molar-refractivity contribution in [1.29, 1.82) is 0 Å². The maximum atomic E-state index is 12.3. The molecule has 0 spiro atoms. The zero-order chi connectivity index (χ0) is 15.7. The smallest absolute Gasteiger partial charge is 0.251 e. The summed E-state index contributed by atoms with van der Waals surface area (Å²) in [5.74, 6) is 0.803. The average Bonchev–Trinajstić information content (AvgIpc) is 2.95. The minimum Gasteiger partial charge on any atom is -0.454 e. The Morgan fingerprint density at radius 2 is 2.05 bits per heavy atom. The van der Waals surface area contributed by atoms with Crippen molar-refractivity contribution in [2.24, 2.45) is 0 Å². The molecule has 114 valence electrons. The normalized spacial score (nSPS) is 12.3. The lowest BCUT2D eigenvalue weighted by Crippen LogP contribution is -2.23. The number of halogens is 1. The van der Waals surface area contributed by atoms with Crippen LogP contribution in [0.25, 0.3) is 0 Å². The van der Waals surface area contributed by atoms with Gasteiger partial charge in [0.1, 0.15) is 0 Å². The van der Waals surface area contributed by atoms with E-state index in [0.717, 1.165) is 11.1 Å². The van der Waals surface area contributed by atoms with Gasteiger partial charge in [-0.3, -0.25) is 4.79 Å². The highest BCUT2D eigenvalue weighted by atomic mass is 35.5. The molecule has 0 aliphatic carbocycles. The van der Waals surface area contributed by atoms with E-state index < -0.39 is 0 Å². The van der Waals surface area contributed by atoms with Crippen LogP contribution in [0.15, 0.2) is 30.3 Å². The molecule has 0 atom stereocenters. The Kier molecular flexibility index (Phi) is 3.94. The van der Waals surface area contributed by atoms with Crippen molar-refractivity contribution >= 4 is 17.5 Å². The van der Waals surface area contributed by atoms with Gasteiger partial charge in [-0.05, 0) is 37.1 Å². The largest absolute Gasteiger partial charge is 0.454 e. The second-order valence-corrected chi connectivity index (χ2v) is 5.71. The minimum atomic E-state index is -0.194. The summed E-state index contributed by atoms with van der Waals surface area (Å²) in [6.45, 7) is 4.68. The Balaban J connectivity index is 1.74. The molecule has 2 aromatic rings. The van der Waals surface area contributed by atoms with Crippen molar-refractivity contribution < 1.29 is 14.3 Å². The quantitative estimate of drug-likeness (QED) is 0.940. The summed E-state index contributed by atoms with van der Waals surface area (Å²) < 4.78 is 10.5. The van der Waals surface area contributed by atoms with Crippen LogP contribution in [-0.4, -0.2) is 12.7 Å². The molecule has 0 aromatic heterocycles. The van der Waals surface area contributed by atoms with Gasteiger partial charge in [-0.25, -0.2) is 0 Å². The monoisotopic (exact) mass is 317 g/mol. The fourth-order valence-corrected chi connectivity index (χ4v) is 2.69. The second-order valence-electron chi connectivity index (χ2n) is 5.30. The zero-order valence-electron chi connectivity index (χ0n) is 12.4. The van der Waals surface area contributed by atoms with Gasteiger partial charge >= 0.3 is 0 Å². The van der Waals surface area contributed by atoms with E-state index in [-0.39, 0.29) is 12.7 Å². The molecular weight excluding hydrogens is 302 g/mol. The summed E-state index contributed by atoms with van der Waals surface area (Å²) >= 11 is 6.09. The molecule has 1 amide bonds. The Morgan fingerprint density at radius 3 is 2.82 bits per heavy atom. The van der Waals surface area contributed by atoms with Gasteiger partial charge in [0.15, 0.2) is 11.5 Å². The number of carbonyl (C=O) groups is 1. The molecule has 0 radical (unpaired) electrons. The summed E-state index contributed by atoms with van der Waals surface area (Å²) in [5.41, 5.74) is 3.91. The van der Waals surface area contributed by atoms with E-state index >= 15 is 0 Å². The Morgan fingerprint density at radius 1 is 1.23 bits per heavy atom. The van der Waals surface area contributed by atoms with Crippen molar-refractivity contribution in [2.75, 3.05) is 6.79 Å². The molecule has 5 heteroatoms. The topological polar surface area (TPSA) is 47.6 Å². The molecule has 1 N–H and O–H groups in total. The number of hydrogen-bond acceptors (Lipinski definition) is 3. The zero-order valence-corrected chi connectivity index (χ0v) is 13.2. The van der Waals surface area contributed by atoms with Gasteiger partial charge in [-0.15, -0.1) is 0 Å². The van der Waals surface area contributed by atoms with Crippen LogP contribution < -0.4 is 14.8 Å². The molecule has 22 heavy (non-hydrogen) atoms. The van der Waals surface area contributed by atoms with Crippen LogP contribution in [0.1, 0.15) is 27.0 Å². The van der Waals surface area contributed by atoms with Gasteiger partial charge in [0.05, 0.1) is 5.02 Å². The van der Waals surface area contributed by atoms with E-state index in [1.165, 1.54) is 5.56 Å². The van der Waals surface area contributed by atoms with Gasteiger partial charge in [0, 0.05) is 12.1 Å². The third-order valence-electron chi connectivity index (χ3n) is 3.63. The first-order chi connectivity index (χ1) is 10.5. The first kappa shape index (κ1) is 14.7. The van der Waals surface area contributed by atoms with Crippen LogP contribution in [0, 0.1) is 13.8 Å². The van der Waals surface area contributed by atoms with Gasteiger partial charge in [0.25, 0.3) is 5.91 Å². The number of amides is 1. The maximum absolute atomic E-state index is 12.3. The van der Waals surface area contributed by atoms with Crippen molar-refractivity contribution in [1.82, 2.24) is 5.32 Å². The molecule has 3 rings (SSSR count). The molecule has 2 aromatic carbocycles. The SMILES string of the molecule is Cc1ccc(CNC(=O)c2cc(Cl)c3c(c2)OCO3)c(C)c1. The van der Waals surface area contributed by atoms with Gasteiger partial charge in [-0.2, -0.15) is 0 Å². The van der Waals surface area contributed by atoms with Crippen molar-refractivity contribution in [3.8, 4) is 11.5 Å². The third kappa shape index (κ3) is 2.88. The molecule has 1 aliphatic heterocycles. The number of ether oxygens (including phenoxy) is 2. The Hall–Kier alpha value is -2.20. The molecular formula is C17H16ClNO3. The fourth-order valence-electron chi connectivity index (χ4n) is 2.42. The van der Waals surface area contributed by atoms with Crippen LogP contribution in [0.5, 0.6) is 11.5 Å². The van der Waals surface area contributed by atoms with Crippen LogP contribution in [0.2, 0.25) is 5.02 Å². The number of hydrogen-bond donors (Lipinski definition) is 1. The van der Waals surface area contributed by atoms with E-state index in [0.29, 0.717) is 28.6 Å². The third-order valence-corrected chi connectivity index (χ3v) is 3.91. The van der Waals surface area contributed by atoms with Gasteiger partial charge in [-0.1, -0.05) is 35.4 Å². The van der Waals surface area contributed by atoms with E-state index in [4.69, 9.17) is 21.1 Å². The average molecular weight is 318 g/mol. The maximum Gasteiger partial charge on any atom is 0.251 e. The Labute approximate surface area is 134 Å².